The number of rotatable bonds is 5. The minimum absolute atomic E-state index is 0.166. The third kappa shape index (κ3) is 3.08. The molecule has 7 heteroatoms. The van der Waals surface area contributed by atoms with Crippen molar-refractivity contribution in [2.24, 2.45) is 0 Å². The average molecular weight is 255 g/mol. The minimum atomic E-state index is -0.982. The lowest BCUT2D eigenvalue weighted by molar-refractivity contribution is 0.173. The van der Waals surface area contributed by atoms with Crippen molar-refractivity contribution in [2.45, 2.75) is 12.6 Å². The van der Waals surface area contributed by atoms with Gasteiger partial charge in [-0.2, -0.15) is 4.98 Å². The lowest BCUT2D eigenvalue weighted by Crippen LogP contribution is -2.21. The fourth-order valence-corrected chi connectivity index (χ4v) is 1.43. The molecular formula is C11H11F2N3O2. The Morgan fingerprint density at radius 1 is 1.33 bits per heavy atom. The van der Waals surface area contributed by atoms with E-state index in [1.807, 2.05) is 0 Å². The van der Waals surface area contributed by atoms with Gasteiger partial charge in [-0.15, -0.1) is 0 Å². The molecule has 2 N–H and O–H groups in total. The fourth-order valence-electron chi connectivity index (χ4n) is 1.43. The van der Waals surface area contributed by atoms with Crippen molar-refractivity contribution in [3.8, 4) is 0 Å². The summed E-state index contributed by atoms with van der Waals surface area (Å²) in [4.78, 5) is 3.78. The number of nitrogens with zero attached hydrogens (tertiary/aromatic N) is 2. The fraction of sp³-hybridized carbons (Fsp3) is 0.273. The third-order valence-electron chi connectivity index (χ3n) is 2.36. The third-order valence-corrected chi connectivity index (χ3v) is 2.36. The molecule has 0 amide bonds. The predicted molar refractivity (Wildman–Crippen MR) is 57.3 cm³/mol. The van der Waals surface area contributed by atoms with Crippen LogP contribution in [0.15, 0.2) is 29.1 Å². The second-order valence-corrected chi connectivity index (χ2v) is 3.67. The van der Waals surface area contributed by atoms with E-state index < -0.39 is 17.7 Å². The van der Waals surface area contributed by atoms with Crippen LogP contribution in [0, 0.1) is 11.6 Å². The Morgan fingerprint density at radius 3 is 2.83 bits per heavy atom. The Bertz CT molecular complexity index is 505. The van der Waals surface area contributed by atoms with E-state index in [9.17, 15) is 13.9 Å². The van der Waals surface area contributed by atoms with Crippen LogP contribution in [0.4, 0.5) is 8.78 Å². The van der Waals surface area contributed by atoms with Gasteiger partial charge in [0.2, 0.25) is 6.39 Å². The highest BCUT2D eigenvalue weighted by Gasteiger charge is 2.10. The van der Waals surface area contributed by atoms with Crippen LogP contribution in [0.3, 0.4) is 0 Å². The van der Waals surface area contributed by atoms with E-state index in [1.54, 1.807) is 0 Å². The van der Waals surface area contributed by atoms with Crippen molar-refractivity contribution < 1.29 is 18.4 Å². The summed E-state index contributed by atoms with van der Waals surface area (Å²) in [5, 5.41) is 16.2. The highest BCUT2D eigenvalue weighted by Crippen LogP contribution is 2.15. The number of benzene rings is 1. The molecule has 2 rings (SSSR count). The van der Waals surface area contributed by atoms with Crippen LogP contribution in [0.25, 0.3) is 0 Å². The van der Waals surface area contributed by atoms with Crippen LogP contribution in [-0.2, 0) is 6.54 Å². The van der Waals surface area contributed by atoms with E-state index in [4.69, 9.17) is 0 Å². The first-order valence-electron chi connectivity index (χ1n) is 5.26. The maximum absolute atomic E-state index is 12.9. The van der Waals surface area contributed by atoms with Crippen LogP contribution in [0.5, 0.6) is 0 Å². The second kappa shape index (κ2) is 5.65. The average Bonchev–Trinajstić information content (AvgIpc) is 2.85. The van der Waals surface area contributed by atoms with Gasteiger partial charge in [0.15, 0.2) is 17.5 Å². The molecule has 2 aromatic rings. The van der Waals surface area contributed by atoms with Crippen LogP contribution in [0.1, 0.15) is 17.5 Å². The van der Waals surface area contributed by atoms with Crippen molar-refractivity contribution in [3.05, 3.63) is 47.6 Å². The smallest absolute Gasteiger partial charge is 0.213 e. The molecule has 0 aliphatic carbocycles. The summed E-state index contributed by atoms with van der Waals surface area (Å²) < 4.78 is 30.2. The normalized spacial score (nSPS) is 12.6. The zero-order chi connectivity index (χ0) is 13.0. The Kier molecular flexibility index (Phi) is 3.96. The summed E-state index contributed by atoms with van der Waals surface area (Å²) in [7, 11) is 0. The van der Waals surface area contributed by atoms with Crippen LogP contribution >= 0.6 is 0 Å². The van der Waals surface area contributed by atoms with Gasteiger partial charge < -0.3 is 14.9 Å². The molecule has 0 fully saturated rings. The first-order valence-corrected chi connectivity index (χ1v) is 5.26. The molecule has 0 saturated carbocycles. The summed E-state index contributed by atoms with van der Waals surface area (Å²) in [5.41, 5.74) is 0.300. The molecule has 0 aliphatic rings. The number of aliphatic hydroxyl groups is 1. The van der Waals surface area contributed by atoms with Crippen molar-refractivity contribution >= 4 is 0 Å². The van der Waals surface area contributed by atoms with Gasteiger partial charge in [-0.25, -0.2) is 8.78 Å². The van der Waals surface area contributed by atoms with Gasteiger partial charge >= 0.3 is 0 Å². The van der Waals surface area contributed by atoms with Crippen molar-refractivity contribution in [3.63, 3.8) is 0 Å². The number of aromatic nitrogens is 2. The molecule has 0 saturated heterocycles. The van der Waals surface area contributed by atoms with E-state index in [2.05, 4.69) is 20.0 Å². The van der Waals surface area contributed by atoms with Gasteiger partial charge in [0, 0.05) is 6.54 Å². The lowest BCUT2D eigenvalue weighted by Gasteiger charge is -2.11. The molecule has 1 heterocycles. The Morgan fingerprint density at radius 2 is 2.17 bits per heavy atom. The van der Waals surface area contributed by atoms with Crippen molar-refractivity contribution in [1.82, 2.24) is 15.5 Å². The maximum atomic E-state index is 12.9. The summed E-state index contributed by atoms with van der Waals surface area (Å²) in [6.45, 7) is 0.483. The van der Waals surface area contributed by atoms with E-state index in [0.717, 1.165) is 12.1 Å². The van der Waals surface area contributed by atoms with Gasteiger partial charge in [0.25, 0.3) is 0 Å². The largest absolute Gasteiger partial charge is 0.387 e. The Labute approximate surface area is 101 Å². The molecule has 0 radical (unpaired) electrons. The predicted octanol–water partition coefficient (Wildman–Crippen LogP) is 1.17. The second-order valence-electron chi connectivity index (χ2n) is 3.67. The highest BCUT2D eigenvalue weighted by molar-refractivity contribution is 5.20. The number of nitrogens with one attached hydrogen (secondary N) is 1. The summed E-state index contributed by atoms with van der Waals surface area (Å²) in [6.07, 6.45) is 0.259. The molecule has 18 heavy (non-hydrogen) atoms. The molecule has 1 aromatic heterocycles. The standard InChI is InChI=1S/C11H11F2N3O2/c12-8-2-1-7(3-9(8)13)10(17)4-14-5-11-15-6-18-16-11/h1-3,6,10,14,17H,4-5H2. The molecular weight excluding hydrogens is 244 g/mol. The lowest BCUT2D eigenvalue weighted by atomic mass is 10.1. The monoisotopic (exact) mass is 255 g/mol. The van der Waals surface area contributed by atoms with Gasteiger partial charge in [-0.3, -0.25) is 0 Å². The number of aliphatic hydroxyl groups excluding tert-OH is 1. The SMILES string of the molecule is OC(CNCc1ncon1)c1ccc(F)c(F)c1. The maximum Gasteiger partial charge on any atom is 0.213 e. The van der Waals surface area contributed by atoms with Crippen LogP contribution in [0.2, 0.25) is 0 Å². The van der Waals surface area contributed by atoms with Gasteiger partial charge in [-0.1, -0.05) is 11.2 Å². The molecule has 1 unspecified atom stereocenters. The quantitative estimate of drug-likeness (QED) is 0.839. The first-order chi connectivity index (χ1) is 8.66. The van der Waals surface area contributed by atoms with E-state index in [0.29, 0.717) is 17.9 Å². The molecule has 0 spiro atoms. The summed E-state index contributed by atoms with van der Waals surface area (Å²) in [5.74, 6) is -1.47. The Hall–Kier alpha value is -1.86. The first kappa shape index (κ1) is 12.6. The molecule has 0 aliphatic heterocycles. The summed E-state index contributed by atoms with van der Waals surface area (Å²) in [6, 6.07) is 3.28. The minimum Gasteiger partial charge on any atom is -0.387 e. The molecule has 1 aromatic carbocycles. The van der Waals surface area contributed by atoms with E-state index >= 15 is 0 Å². The highest BCUT2D eigenvalue weighted by atomic mass is 19.2. The van der Waals surface area contributed by atoms with Crippen molar-refractivity contribution in [1.29, 1.82) is 0 Å². The van der Waals surface area contributed by atoms with Gasteiger partial charge in [0.05, 0.1) is 12.6 Å². The van der Waals surface area contributed by atoms with E-state index in [1.165, 1.54) is 12.5 Å². The number of hydrogen-bond donors (Lipinski definition) is 2. The number of halogens is 2. The molecule has 96 valence electrons. The molecule has 0 bridgehead atoms. The number of hydrogen-bond acceptors (Lipinski definition) is 5. The topological polar surface area (TPSA) is 71.2 Å². The summed E-state index contributed by atoms with van der Waals surface area (Å²) >= 11 is 0. The van der Waals surface area contributed by atoms with Crippen LogP contribution in [-0.4, -0.2) is 21.8 Å². The van der Waals surface area contributed by atoms with E-state index in [-0.39, 0.29) is 6.54 Å². The zero-order valence-corrected chi connectivity index (χ0v) is 9.31. The van der Waals surface area contributed by atoms with Gasteiger partial charge in [0.1, 0.15) is 0 Å². The van der Waals surface area contributed by atoms with Crippen molar-refractivity contribution in [2.75, 3.05) is 6.54 Å². The molecule has 5 nitrogen and oxygen atoms in total. The Balaban J connectivity index is 1.87. The molecule has 1 atom stereocenters. The van der Waals surface area contributed by atoms with Crippen LogP contribution < -0.4 is 5.32 Å². The van der Waals surface area contributed by atoms with Gasteiger partial charge in [-0.05, 0) is 17.7 Å². The zero-order valence-electron chi connectivity index (χ0n) is 9.31.